The molecule has 0 heterocycles. The highest BCUT2D eigenvalue weighted by atomic mass is 35.5. The maximum absolute atomic E-state index is 13.4. The Bertz CT molecular complexity index is 1720. The Morgan fingerprint density at radius 2 is 1.58 bits per heavy atom. The summed E-state index contributed by atoms with van der Waals surface area (Å²) >= 11 is 13.5. The van der Waals surface area contributed by atoms with Crippen LogP contribution in [-0.4, -0.2) is 27.9 Å². The van der Waals surface area contributed by atoms with Gasteiger partial charge in [-0.2, -0.15) is 0 Å². The van der Waals surface area contributed by atoms with Gasteiger partial charge in [0.05, 0.1) is 31.5 Å². The van der Waals surface area contributed by atoms with E-state index < -0.39 is 22.0 Å². The zero-order valence-corrected chi connectivity index (χ0v) is 24.9. The van der Waals surface area contributed by atoms with E-state index >= 15 is 0 Å². The van der Waals surface area contributed by atoms with Crippen LogP contribution < -0.4 is 16.0 Å². The van der Waals surface area contributed by atoms with Crippen molar-refractivity contribution in [2.24, 2.45) is 0 Å². The molecule has 1 unspecified atom stereocenters. The topological polar surface area (TPSA) is 130 Å². The molecule has 4 aromatic carbocycles. The van der Waals surface area contributed by atoms with E-state index in [9.17, 15) is 24.5 Å². The molecule has 3 N–H and O–H groups in total. The molecule has 0 saturated heterocycles. The average molecular weight is 636 g/mol. The van der Waals surface area contributed by atoms with Crippen LogP contribution in [0, 0.1) is 10.1 Å². The molecule has 12 heteroatoms. The van der Waals surface area contributed by atoms with Gasteiger partial charge in [0.1, 0.15) is 5.70 Å². The Balaban J connectivity index is 1.53. The predicted octanol–water partition coefficient (Wildman–Crippen LogP) is 7.43. The molecule has 43 heavy (non-hydrogen) atoms. The number of nitro benzene ring substituents is 1. The van der Waals surface area contributed by atoms with Crippen molar-refractivity contribution in [3.05, 3.63) is 134 Å². The van der Waals surface area contributed by atoms with Gasteiger partial charge in [0.15, 0.2) is 0 Å². The maximum Gasteiger partial charge on any atom is 0.276 e. The van der Waals surface area contributed by atoms with Crippen LogP contribution in [-0.2, 0) is 9.59 Å². The van der Waals surface area contributed by atoms with E-state index in [0.29, 0.717) is 26.9 Å². The van der Waals surface area contributed by atoms with Crippen molar-refractivity contribution in [2.45, 2.75) is 17.1 Å². The molecule has 0 fully saturated rings. The first-order chi connectivity index (χ1) is 20.6. The molecule has 9 nitrogen and oxygen atoms in total. The highest BCUT2D eigenvalue weighted by Gasteiger charge is 2.20. The van der Waals surface area contributed by atoms with E-state index in [4.69, 9.17) is 23.2 Å². The molecule has 4 aromatic rings. The van der Waals surface area contributed by atoms with Crippen molar-refractivity contribution in [2.75, 3.05) is 10.6 Å². The van der Waals surface area contributed by atoms with Crippen LogP contribution >= 0.6 is 35.0 Å². The quantitative estimate of drug-likeness (QED) is 0.0719. The van der Waals surface area contributed by atoms with Crippen LogP contribution in [0.4, 0.5) is 17.1 Å². The largest absolute Gasteiger partial charge is 0.324 e. The van der Waals surface area contributed by atoms with E-state index in [2.05, 4.69) is 16.0 Å². The number of carbonyl (C=O) groups is 3. The van der Waals surface area contributed by atoms with Gasteiger partial charge in [-0.15, -0.1) is 11.8 Å². The van der Waals surface area contributed by atoms with Gasteiger partial charge in [-0.3, -0.25) is 24.5 Å². The molecule has 3 amide bonds. The summed E-state index contributed by atoms with van der Waals surface area (Å²) in [7, 11) is 0. The summed E-state index contributed by atoms with van der Waals surface area (Å²) in [6, 6.07) is 25.8. The third-order valence-corrected chi connectivity index (χ3v) is 7.86. The molecule has 0 aromatic heterocycles. The number of hydrogen-bond acceptors (Lipinski definition) is 6. The van der Waals surface area contributed by atoms with Gasteiger partial charge in [0.2, 0.25) is 5.91 Å². The van der Waals surface area contributed by atoms with Gasteiger partial charge < -0.3 is 16.0 Å². The Morgan fingerprint density at radius 3 is 2.33 bits per heavy atom. The van der Waals surface area contributed by atoms with E-state index in [-0.39, 0.29) is 27.9 Å². The standard InChI is InChI=1S/C31H24Cl2N4O5S/c1-19(29(38)35-25-15-8-14-24(32)28(25)33)43-23-13-7-12-22(18-23)34-31(40)26(36-30(39)20-9-3-2-4-10-20)17-21-11-5-6-16-27(21)37(41)42/h2-19H,1H3,(H,34,40)(H,35,38)(H,36,39)/b26-17+. The summed E-state index contributed by atoms with van der Waals surface area (Å²) in [5.41, 5.74) is 0.772. The third kappa shape index (κ3) is 8.45. The Morgan fingerprint density at radius 1 is 0.884 bits per heavy atom. The second-order valence-corrected chi connectivity index (χ2v) is 11.2. The minimum atomic E-state index is -0.703. The number of hydrogen-bond donors (Lipinski definition) is 3. The Kier molecular flexibility index (Phi) is 10.6. The monoisotopic (exact) mass is 634 g/mol. The molecule has 0 radical (unpaired) electrons. The van der Waals surface area contributed by atoms with Gasteiger partial charge in [-0.1, -0.05) is 65.7 Å². The molecule has 218 valence electrons. The number of halogens is 2. The Hall–Kier alpha value is -4.64. The van der Waals surface area contributed by atoms with Crippen LogP contribution in [0.2, 0.25) is 10.0 Å². The number of amides is 3. The van der Waals surface area contributed by atoms with E-state index in [1.165, 1.54) is 36.0 Å². The number of anilines is 2. The lowest BCUT2D eigenvalue weighted by molar-refractivity contribution is -0.385. The van der Waals surface area contributed by atoms with Crippen LogP contribution in [0.3, 0.4) is 0 Å². The number of benzene rings is 4. The lowest BCUT2D eigenvalue weighted by Gasteiger charge is -2.15. The predicted molar refractivity (Wildman–Crippen MR) is 170 cm³/mol. The van der Waals surface area contributed by atoms with E-state index in [1.807, 2.05) is 0 Å². The van der Waals surface area contributed by atoms with Crippen molar-refractivity contribution in [1.29, 1.82) is 0 Å². The number of rotatable bonds is 10. The third-order valence-electron chi connectivity index (χ3n) is 5.95. The molecule has 0 saturated carbocycles. The van der Waals surface area contributed by atoms with Gasteiger partial charge in [-0.25, -0.2) is 0 Å². The highest BCUT2D eigenvalue weighted by Crippen LogP contribution is 2.31. The molecule has 0 aliphatic rings. The second kappa shape index (κ2) is 14.5. The van der Waals surface area contributed by atoms with Crippen molar-refractivity contribution in [3.8, 4) is 0 Å². The maximum atomic E-state index is 13.4. The molecule has 1 atom stereocenters. The fourth-order valence-corrected chi connectivity index (χ4v) is 5.09. The lowest BCUT2D eigenvalue weighted by atomic mass is 10.1. The average Bonchev–Trinajstić information content (AvgIpc) is 2.99. The first kappa shape index (κ1) is 31.3. The highest BCUT2D eigenvalue weighted by molar-refractivity contribution is 8.00. The number of thioether (sulfide) groups is 1. The molecule has 0 aliphatic carbocycles. The van der Waals surface area contributed by atoms with Crippen molar-refractivity contribution in [1.82, 2.24) is 5.32 Å². The van der Waals surface area contributed by atoms with Gasteiger partial charge in [0, 0.05) is 22.2 Å². The summed E-state index contributed by atoms with van der Waals surface area (Å²) in [5, 5.41) is 19.6. The fourth-order valence-electron chi connectivity index (χ4n) is 3.81. The number of para-hydroxylation sites is 1. The summed E-state index contributed by atoms with van der Waals surface area (Å²) in [6.45, 7) is 1.72. The SMILES string of the molecule is CC(Sc1cccc(NC(=O)/C(=C\c2ccccc2[N+](=O)[O-])NC(=O)c2ccccc2)c1)C(=O)Nc1cccc(Cl)c1Cl. The minimum absolute atomic E-state index is 0.134. The summed E-state index contributed by atoms with van der Waals surface area (Å²) in [4.78, 5) is 50.8. The molecule has 0 aliphatic heterocycles. The number of carbonyl (C=O) groups excluding carboxylic acids is 3. The molecular formula is C31H24Cl2N4O5S. The normalized spacial score (nSPS) is 11.7. The lowest BCUT2D eigenvalue weighted by Crippen LogP contribution is -2.30. The zero-order chi connectivity index (χ0) is 30.9. The first-order valence-electron chi connectivity index (χ1n) is 12.8. The Labute approximate surface area is 261 Å². The van der Waals surface area contributed by atoms with Gasteiger partial charge >= 0.3 is 0 Å². The van der Waals surface area contributed by atoms with Crippen LogP contribution in [0.25, 0.3) is 6.08 Å². The number of nitrogens with one attached hydrogen (secondary N) is 3. The van der Waals surface area contributed by atoms with Crippen molar-refractivity contribution < 1.29 is 19.3 Å². The summed E-state index contributed by atoms with van der Waals surface area (Å²) in [6.07, 6.45) is 1.25. The van der Waals surface area contributed by atoms with Crippen molar-refractivity contribution >= 4 is 75.8 Å². The zero-order valence-electron chi connectivity index (χ0n) is 22.5. The van der Waals surface area contributed by atoms with E-state index in [0.717, 1.165) is 0 Å². The minimum Gasteiger partial charge on any atom is -0.324 e. The van der Waals surface area contributed by atoms with Crippen LogP contribution in [0.5, 0.6) is 0 Å². The number of nitrogens with zero attached hydrogens (tertiary/aromatic N) is 1. The van der Waals surface area contributed by atoms with Crippen LogP contribution in [0.15, 0.2) is 108 Å². The molecule has 0 bridgehead atoms. The fraction of sp³-hybridized carbons (Fsp3) is 0.0645. The van der Waals surface area contributed by atoms with Crippen LogP contribution in [0.1, 0.15) is 22.8 Å². The molecular weight excluding hydrogens is 611 g/mol. The summed E-state index contributed by atoms with van der Waals surface area (Å²) in [5.74, 6) is -1.57. The van der Waals surface area contributed by atoms with Gasteiger partial charge in [0.25, 0.3) is 17.5 Å². The smallest absolute Gasteiger partial charge is 0.276 e. The summed E-state index contributed by atoms with van der Waals surface area (Å²) < 4.78 is 0. The van der Waals surface area contributed by atoms with Crippen molar-refractivity contribution in [3.63, 3.8) is 0 Å². The molecule has 0 spiro atoms. The second-order valence-electron chi connectivity index (χ2n) is 9.03. The molecule has 4 rings (SSSR count). The van der Waals surface area contributed by atoms with Gasteiger partial charge in [-0.05, 0) is 61.5 Å². The number of nitro groups is 1. The van der Waals surface area contributed by atoms with E-state index in [1.54, 1.807) is 85.8 Å². The first-order valence-corrected chi connectivity index (χ1v) is 14.4.